The summed E-state index contributed by atoms with van der Waals surface area (Å²) in [5.74, 6) is 1.33. The summed E-state index contributed by atoms with van der Waals surface area (Å²) in [7, 11) is 0. The Labute approximate surface area is 139 Å². The summed E-state index contributed by atoms with van der Waals surface area (Å²) in [6.07, 6.45) is 0. The molecule has 23 heavy (non-hydrogen) atoms. The Morgan fingerprint density at radius 1 is 1.09 bits per heavy atom. The van der Waals surface area contributed by atoms with E-state index in [4.69, 9.17) is 21.1 Å². The molecular formula is C17H17ClN2O3. The van der Waals surface area contributed by atoms with Crippen molar-refractivity contribution in [1.82, 2.24) is 5.32 Å². The highest BCUT2D eigenvalue weighted by molar-refractivity contribution is 6.30. The number of rotatable bonds is 3. The number of hydrogen-bond donors (Lipinski definition) is 2. The van der Waals surface area contributed by atoms with Gasteiger partial charge in [-0.25, -0.2) is 4.79 Å². The highest BCUT2D eigenvalue weighted by atomic mass is 35.5. The third-order valence-electron chi connectivity index (χ3n) is 3.52. The topological polar surface area (TPSA) is 59.6 Å². The summed E-state index contributed by atoms with van der Waals surface area (Å²) in [4.78, 5) is 12.1. The molecule has 5 nitrogen and oxygen atoms in total. The number of carbonyl (C=O) groups is 1. The molecule has 0 aliphatic carbocycles. The van der Waals surface area contributed by atoms with E-state index in [9.17, 15) is 4.79 Å². The van der Waals surface area contributed by atoms with Crippen molar-refractivity contribution in [3.8, 4) is 11.5 Å². The number of anilines is 1. The fraction of sp³-hybridized carbons (Fsp3) is 0.235. The van der Waals surface area contributed by atoms with E-state index in [1.54, 1.807) is 30.3 Å². The number of fused-ring (bicyclic) bond motifs is 1. The molecule has 1 aliphatic rings. The number of carbonyl (C=O) groups excluding carboxylic acids is 1. The van der Waals surface area contributed by atoms with Crippen molar-refractivity contribution in [2.75, 3.05) is 18.5 Å². The Kier molecular flexibility index (Phi) is 4.57. The van der Waals surface area contributed by atoms with E-state index in [0.717, 1.165) is 5.56 Å². The van der Waals surface area contributed by atoms with Crippen LogP contribution in [0, 0.1) is 0 Å². The third kappa shape index (κ3) is 3.87. The molecule has 120 valence electrons. The Hall–Kier alpha value is -2.40. The number of benzene rings is 2. The van der Waals surface area contributed by atoms with Crippen LogP contribution in [0.5, 0.6) is 11.5 Å². The van der Waals surface area contributed by atoms with Crippen molar-refractivity contribution in [1.29, 1.82) is 0 Å². The lowest BCUT2D eigenvalue weighted by atomic mass is 10.1. The molecule has 2 amide bonds. The van der Waals surface area contributed by atoms with Crippen LogP contribution < -0.4 is 20.1 Å². The summed E-state index contributed by atoms with van der Waals surface area (Å²) in [6.45, 7) is 2.96. The van der Waals surface area contributed by atoms with Gasteiger partial charge in [-0.3, -0.25) is 0 Å². The van der Waals surface area contributed by atoms with Gasteiger partial charge in [0, 0.05) is 16.8 Å². The minimum atomic E-state index is -0.288. The molecule has 1 heterocycles. The summed E-state index contributed by atoms with van der Waals surface area (Å²) < 4.78 is 10.9. The largest absolute Gasteiger partial charge is 0.486 e. The average molecular weight is 333 g/mol. The van der Waals surface area contributed by atoms with Gasteiger partial charge in [0.1, 0.15) is 13.2 Å². The molecule has 1 unspecified atom stereocenters. The van der Waals surface area contributed by atoms with Crippen LogP contribution in [0.3, 0.4) is 0 Å². The zero-order valence-corrected chi connectivity index (χ0v) is 13.4. The number of amides is 2. The van der Waals surface area contributed by atoms with Crippen LogP contribution in [0.1, 0.15) is 18.5 Å². The van der Waals surface area contributed by atoms with Crippen LogP contribution in [-0.4, -0.2) is 19.2 Å². The molecule has 0 fully saturated rings. The van der Waals surface area contributed by atoms with Gasteiger partial charge in [0.15, 0.2) is 11.5 Å². The lowest BCUT2D eigenvalue weighted by Crippen LogP contribution is -2.31. The van der Waals surface area contributed by atoms with Gasteiger partial charge < -0.3 is 20.1 Å². The molecule has 1 aliphatic heterocycles. The summed E-state index contributed by atoms with van der Waals surface area (Å²) >= 11 is 5.87. The number of nitrogens with one attached hydrogen (secondary N) is 2. The highest BCUT2D eigenvalue weighted by Gasteiger charge is 2.14. The van der Waals surface area contributed by atoms with Gasteiger partial charge in [-0.1, -0.05) is 23.7 Å². The maximum atomic E-state index is 12.1. The third-order valence-corrected chi connectivity index (χ3v) is 3.77. The Morgan fingerprint density at radius 2 is 1.78 bits per heavy atom. The molecule has 0 spiro atoms. The smallest absolute Gasteiger partial charge is 0.319 e. The number of halogens is 1. The SMILES string of the molecule is CC(NC(=O)Nc1ccc2c(c1)OCCO2)c1ccc(Cl)cc1. The predicted octanol–water partition coefficient (Wildman–Crippen LogP) is 3.99. The second-order valence-corrected chi connectivity index (χ2v) is 5.67. The molecule has 1 atom stereocenters. The van der Waals surface area contributed by atoms with E-state index in [1.807, 2.05) is 19.1 Å². The fourth-order valence-corrected chi connectivity index (χ4v) is 2.45. The molecular weight excluding hydrogens is 316 g/mol. The monoisotopic (exact) mass is 332 g/mol. The first-order chi connectivity index (χ1) is 11.1. The second-order valence-electron chi connectivity index (χ2n) is 5.23. The molecule has 0 saturated carbocycles. The quantitative estimate of drug-likeness (QED) is 0.893. The molecule has 2 aromatic carbocycles. The van der Waals surface area contributed by atoms with Gasteiger partial charge in [-0.2, -0.15) is 0 Å². The van der Waals surface area contributed by atoms with Gasteiger partial charge in [0.25, 0.3) is 0 Å². The normalized spacial score (nSPS) is 14.0. The van der Waals surface area contributed by atoms with Crippen LogP contribution in [0.25, 0.3) is 0 Å². The average Bonchev–Trinajstić information content (AvgIpc) is 2.55. The number of ether oxygens (including phenoxy) is 2. The zero-order chi connectivity index (χ0) is 16.2. The van der Waals surface area contributed by atoms with Crippen LogP contribution in [-0.2, 0) is 0 Å². The summed E-state index contributed by atoms with van der Waals surface area (Å²) in [6, 6.07) is 12.3. The standard InChI is InChI=1S/C17H17ClN2O3/c1-11(12-2-4-13(18)5-3-12)19-17(21)20-14-6-7-15-16(10-14)23-9-8-22-15/h2-7,10-11H,8-9H2,1H3,(H2,19,20,21). The Morgan fingerprint density at radius 3 is 2.52 bits per heavy atom. The van der Waals surface area contributed by atoms with E-state index in [2.05, 4.69) is 10.6 Å². The lowest BCUT2D eigenvalue weighted by Gasteiger charge is -2.19. The lowest BCUT2D eigenvalue weighted by molar-refractivity contribution is 0.171. The van der Waals surface area contributed by atoms with E-state index < -0.39 is 0 Å². The zero-order valence-electron chi connectivity index (χ0n) is 12.6. The fourth-order valence-electron chi connectivity index (χ4n) is 2.32. The Balaban J connectivity index is 1.61. The van der Waals surface area contributed by atoms with Gasteiger partial charge in [0.05, 0.1) is 6.04 Å². The van der Waals surface area contributed by atoms with Crippen LogP contribution in [0.15, 0.2) is 42.5 Å². The van der Waals surface area contributed by atoms with E-state index in [1.165, 1.54) is 0 Å². The predicted molar refractivity (Wildman–Crippen MR) is 89.5 cm³/mol. The van der Waals surface area contributed by atoms with E-state index in [-0.39, 0.29) is 12.1 Å². The van der Waals surface area contributed by atoms with Gasteiger partial charge in [-0.15, -0.1) is 0 Å². The molecule has 3 rings (SSSR count). The first kappa shape index (κ1) is 15.5. The van der Waals surface area contributed by atoms with Gasteiger partial charge in [0.2, 0.25) is 0 Å². The molecule has 0 aromatic heterocycles. The van der Waals surface area contributed by atoms with E-state index >= 15 is 0 Å². The molecule has 0 saturated heterocycles. The number of hydrogen-bond acceptors (Lipinski definition) is 3. The Bertz CT molecular complexity index is 703. The van der Waals surface area contributed by atoms with Crippen molar-refractivity contribution in [2.24, 2.45) is 0 Å². The first-order valence-electron chi connectivity index (χ1n) is 7.34. The minimum absolute atomic E-state index is 0.135. The van der Waals surface area contributed by atoms with Crippen molar-refractivity contribution >= 4 is 23.3 Å². The summed E-state index contributed by atoms with van der Waals surface area (Å²) in [5.41, 5.74) is 1.63. The second kappa shape index (κ2) is 6.79. The molecule has 2 aromatic rings. The van der Waals surface area contributed by atoms with Crippen molar-refractivity contribution in [3.63, 3.8) is 0 Å². The molecule has 2 N–H and O–H groups in total. The maximum absolute atomic E-state index is 12.1. The van der Waals surface area contributed by atoms with Crippen molar-refractivity contribution in [3.05, 3.63) is 53.1 Å². The first-order valence-corrected chi connectivity index (χ1v) is 7.72. The van der Waals surface area contributed by atoms with Crippen molar-refractivity contribution in [2.45, 2.75) is 13.0 Å². The van der Waals surface area contributed by atoms with Gasteiger partial charge >= 0.3 is 6.03 Å². The molecule has 0 radical (unpaired) electrons. The molecule has 0 bridgehead atoms. The van der Waals surface area contributed by atoms with Crippen LogP contribution in [0.4, 0.5) is 10.5 Å². The minimum Gasteiger partial charge on any atom is -0.486 e. The van der Waals surface area contributed by atoms with E-state index in [0.29, 0.717) is 35.4 Å². The summed E-state index contributed by atoms with van der Waals surface area (Å²) in [5, 5.41) is 6.34. The van der Waals surface area contributed by atoms with Crippen LogP contribution >= 0.6 is 11.6 Å². The maximum Gasteiger partial charge on any atom is 0.319 e. The molecule has 6 heteroatoms. The van der Waals surface area contributed by atoms with Gasteiger partial charge in [-0.05, 0) is 36.8 Å². The van der Waals surface area contributed by atoms with Crippen molar-refractivity contribution < 1.29 is 14.3 Å². The highest BCUT2D eigenvalue weighted by Crippen LogP contribution is 2.32. The van der Waals surface area contributed by atoms with Crippen LogP contribution in [0.2, 0.25) is 5.02 Å². The number of urea groups is 1.